The Morgan fingerprint density at radius 2 is 2.14 bits per heavy atom. The number of likely N-dealkylation sites (tertiary alicyclic amines) is 1. The van der Waals surface area contributed by atoms with E-state index >= 15 is 0 Å². The van der Waals surface area contributed by atoms with Crippen molar-refractivity contribution in [1.82, 2.24) is 10.3 Å². The summed E-state index contributed by atoms with van der Waals surface area (Å²) in [6, 6.07) is 0.428. The molecule has 2 unspecified atom stereocenters. The van der Waals surface area contributed by atoms with Crippen molar-refractivity contribution in [1.29, 1.82) is 0 Å². The number of carbonyl (C=O) groups excluding carboxylic acids is 1. The second kappa shape index (κ2) is 4.75. The van der Waals surface area contributed by atoms with Gasteiger partial charge in [0.25, 0.3) is 5.91 Å². The maximum atomic E-state index is 11.4. The van der Waals surface area contributed by atoms with E-state index in [4.69, 9.17) is 5.84 Å². The fraction of sp³-hybridized carbons (Fsp3) is 0.900. The van der Waals surface area contributed by atoms with Gasteiger partial charge in [0.15, 0.2) is 0 Å². The zero-order valence-electron chi connectivity index (χ0n) is 9.29. The molecule has 4 heteroatoms. The number of nitrogens with two attached hydrogens (primary N) is 1. The molecule has 1 rings (SSSR count). The van der Waals surface area contributed by atoms with Crippen molar-refractivity contribution in [2.24, 2.45) is 11.8 Å². The van der Waals surface area contributed by atoms with E-state index in [1.165, 1.54) is 12.8 Å². The predicted octanol–water partition coefficient (Wildman–Crippen LogP) is 0.485. The van der Waals surface area contributed by atoms with Gasteiger partial charge in [-0.05, 0) is 32.2 Å². The largest absolute Gasteiger partial charge is 0.293 e. The van der Waals surface area contributed by atoms with Gasteiger partial charge in [-0.2, -0.15) is 0 Å². The Labute approximate surface area is 85.8 Å². The van der Waals surface area contributed by atoms with E-state index in [2.05, 4.69) is 24.2 Å². The highest BCUT2D eigenvalue weighted by Gasteiger charge is 2.33. The summed E-state index contributed by atoms with van der Waals surface area (Å²) in [5, 5.41) is 0. The molecule has 1 fully saturated rings. The Morgan fingerprint density at radius 1 is 1.50 bits per heavy atom. The number of hydrogen-bond donors (Lipinski definition) is 2. The van der Waals surface area contributed by atoms with E-state index in [1.807, 2.05) is 6.92 Å². The van der Waals surface area contributed by atoms with Gasteiger partial charge < -0.3 is 0 Å². The van der Waals surface area contributed by atoms with Crippen LogP contribution in [0.4, 0.5) is 0 Å². The lowest BCUT2D eigenvalue weighted by Crippen LogP contribution is -2.50. The van der Waals surface area contributed by atoms with Gasteiger partial charge in [0.2, 0.25) is 0 Å². The van der Waals surface area contributed by atoms with Crippen LogP contribution in [0, 0.1) is 5.92 Å². The quantitative estimate of drug-likeness (QED) is 0.395. The second-order valence-electron chi connectivity index (χ2n) is 4.38. The molecule has 1 heterocycles. The Hall–Kier alpha value is -0.610. The van der Waals surface area contributed by atoms with E-state index in [9.17, 15) is 4.79 Å². The van der Waals surface area contributed by atoms with Crippen molar-refractivity contribution in [2.45, 2.75) is 45.7 Å². The zero-order chi connectivity index (χ0) is 10.7. The van der Waals surface area contributed by atoms with Gasteiger partial charge in [0.1, 0.15) is 0 Å². The van der Waals surface area contributed by atoms with Crippen molar-refractivity contribution in [2.75, 3.05) is 6.54 Å². The van der Waals surface area contributed by atoms with Crippen molar-refractivity contribution >= 4 is 5.91 Å². The molecule has 0 bridgehead atoms. The van der Waals surface area contributed by atoms with Crippen LogP contribution in [0.5, 0.6) is 0 Å². The predicted molar refractivity (Wildman–Crippen MR) is 56.4 cm³/mol. The third-order valence-corrected chi connectivity index (χ3v) is 3.13. The number of nitrogens with zero attached hydrogens (tertiary/aromatic N) is 1. The number of hydrogen-bond acceptors (Lipinski definition) is 3. The number of amides is 1. The van der Waals surface area contributed by atoms with E-state index in [0.717, 1.165) is 6.54 Å². The standard InChI is InChI=1S/C10H21N3O/c1-7(2)9-5-4-6-13(9)8(3)10(14)12-11/h7-9H,4-6,11H2,1-3H3,(H,12,14). The first-order valence-electron chi connectivity index (χ1n) is 5.34. The van der Waals surface area contributed by atoms with Crippen LogP contribution in [-0.2, 0) is 4.79 Å². The third-order valence-electron chi connectivity index (χ3n) is 3.13. The van der Waals surface area contributed by atoms with Crippen LogP contribution in [-0.4, -0.2) is 29.4 Å². The fourth-order valence-electron chi connectivity index (χ4n) is 2.28. The molecule has 0 aliphatic carbocycles. The maximum Gasteiger partial charge on any atom is 0.250 e. The van der Waals surface area contributed by atoms with Crippen LogP contribution in [0.3, 0.4) is 0 Å². The smallest absolute Gasteiger partial charge is 0.250 e. The lowest BCUT2D eigenvalue weighted by Gasteiger charge is -2.31. The van der Waals surface area contributed by atoms with E-state index < -0.39 is 0 Å². The highest BCUT2D eigenvalue weighted by molar-refractivity contribution is 5.80. The van der Waals surface area contributed by atoms with Gasteiger partial charge in [-0.15, -0.1) is 0 Å². The molecule has 0 spiro atoms. The molecular weight excluding hydrogens is 178 g/mol. The first kappa shape index (κ1) is 11.5. The molecule has 82 valence electrons. The molecule has 1 aliphatic heterocycles. The van der Waals surface area contributed by atoms with Gasteiger partial charge in [-0.1, -0.05) is 13.8 Å². The van der Waals surface area contributed by atoms with Crippen molar-refractivity contribution < 1.29 is 4.79 Å². The fourth-order valence-corrected chi connectivity index (χ4v) is 2.28. The molecule has 0 aromatic heterocycles. The Morgan fingerprint density at radius 3 is 2.64 bits per heavy atom. The average molecular weight is 199 g/mol. The van der Waals surface area contributed by atoms with Crippen molar-refractivity contribution in [3.8, 4) is 0 Å². The van der Waals surface area contributed by atoms with Crippen LogP contribution in [0.2, 0.25) is 0 Å². The highest BCUT2D eigenvalue weighted by Crippen LogP contribution is 2.25. The van der Waals surface area contributed by atoms with Crippen LogP contribution in [0.1, 0.15) is 33.6 Å². The summed E-state index contributed by atoms with van der Waals surface area (Å²) in [6.07, 6.45) is 2.38. The Kier molecular flexibility index (Phi) is 3.89. The molecule has 3 N–H and O–H groups in total. The first-order chi connectivity index (χ1) is 6.57. The van der Waals surface area contributed by atoms with E-state index in [-0.39, 0.29) is 11.9 Å². The molecule has 4 nitrogen and oxygen atoms in total. The van der Waals surface area contributed by atoms with E-state index in [0.29, 0.717) is 12.0 Å². The van der Waals surface area contributed by atoms with Crippen molar-refractivity contribution in [3.63, 3.8) is 0 Å². The molecular formula is C10H21N3O. The summed E-state index contributed by atoms with van der Waals surface area (Å²) < 4.78 is 0. The summed E-state index contributed by atoms with van der Waals surface area (Å²) in [4.78, 5) is 13.6. The molecule has 0 aromatic carbocycles. The lowest BCUT2D eigenvalue weighted by atomic mass is 10.0. The molecule has 1 saturated heterocycles. The van der Waals surface area contributed by atoms with Crippen molar-refractivity contribution in [3.05, 3.63) is 0 Å². The number of carbonyl (C=O) groups is 1. The van der Waals surface area contributed by atoms with Crippen LogP contribution in [0.15, 0.2) is 0 Å². The average Bonchev–Trinajstić information content (AvgIpc) is 2.63. The first-order valence-corrected chi connectivity index (χ1v) is 5.34. The van der Waals surface area contributed by atoms with Crippen LogP contribution < -0.4 is 11.3 Å². The second-order valence-corrected chi connectivity index (χ2v) is 4.38. The summed E-state index contributed by atoms with van der Waals surface area (Å²) >= 11 is 0. The highest BCUT2D eigenvalue weighted by atomic mass is 16.2. The molecule has 1 amide bonds. The lowest BCUT2D eigenvalue weighted by molar-refractivity contribution is -0.126. The zero-order valence-corrected chi connectivity index (χ0v) is 9.29. The molecule has 2 atom stereocenters. The molecule has 0 aromatic rings. The van der Waals surface area contributed by atoms with E-state index in [1.54, 1.807) is 0 Å². The maximum absolute atomic E-state index is 11.4. The van der Waals surface area contributed by atoms with Gasteiger partial charge in [0.05, 0.1) is 6.04 Å². The normalized spacial score (nSPS) is 25.4. The molecule has 0 saturated carbocycles. The summed E-state index contributed by atoms with van der Waals surface area (Å²) in [5.74, 6) is 5.65. The van der Waals surface area contributed by atoms with Crippen LogP contribution in [0.25, 0.3) is 0 Å². The number of hydrazine groups is 1. The summed E-state index contributed by atoms with van der Waals surface area (Å²) in [7, 11) is 0. The number of nitrogens with one attached hydrogen (secondary N) is 1. The Bertz CT molecular complexity index is 206. The van der Waals surface area contributed by atoms with Crippen LogP contribution >= 0.6 is 0 Å². The SMILES string of the molecule is CC(C)C1CCCN1C(C)C(=O)NN. The molecule has 14 heavy (non-hydrogen) atoms. The topological polar surface area (TPSA) is 58.4 Å². The summed E-state index contributed by atoms with van der Waals surface area (Å²) in [6.45, 7) is 7.34. The molecule has 1 aliphatic rings. The minimum atomic E-state index is -0.102. The van der Waals surface area contributed by atoms with Gasteiger partial charge in [-0.3, -0.25) is 15.1 Å². The Balaban J connectivity index is 2.62. The summed E-state index contributed by atoms with van der Waals surface area (Å²) in [5.41, 5.74) is 2.22. The minimum Gasteiger partial charge on any atom is -0.293 e. The molecule has 0 radical (unpaired) electrons. The van der Waals surface area contributed by atoms with Gasteiger partial charge in [0, 0.05) is 6.04 Å². The third kappa shape index (κ3) is 2.25. The van der Waals surface area contributed by atoms with Gasteiger partial charge >= 0.3 is 0 Å². The monoisotopic (exact) mass is 199 g/mol. The minimum absolute atomic E-state index is 0.0856. The number of rotatable bonds is 3. The van der Waals surface area contributed by atoms with Gasteiger partial charge in [-0.25, -0.2) is 5.84 Å².